The Kier molecular flexibility index (Phi) is 7.76. The first kappa shape index (κ1) is 12.5. The van der Waals surface area contributed by atoms with Crippen LogP contribution in [0.3, 0.4) is 0 Å². The summed E-state index contributed by atoms with van der Waals surface area (Å²) in [6.07, 6.45) is 9.24. The zero-order valence-corrected chi connectivity index (χ0v) is 8.96. The number of amides is 1. The molecule has 0 saturated heterocycles. The predicted octanol–water partition coefficient (Wildman–Crippen LogP) is 2.71. The average Bonchev–Trinajstić information content (AvgIpc) is 2.54. The van der Waals surface area contributed by atoms with Gasteiger partial charge in [-0.15, -0.1) is 0 Å². The molecule has 78 valence electrons. The number of rotatable bonds is 3. The van der Waals surface area contributed by atoms with Gasteiger partial charge in [-0.05, 0) is 11.8 Å². The number of hydrogen-bond acceptors (Lipinski definition) is 1. The van der Waals surface area contributed by atoms with Gasteiger partial charge < -0.3 is 5.73 Å². The molecule has 1 saturated carbocycles. The predicted molar refractivity (Wildman–Crippen MR) is 56.3 cm³/mol. The number of carbonyl (C=O) groups is 1. The molecule has 1 rings (SSSR count). The zero-order valence-electron chi connectivity index (χ0n) is 8.96. The van der Waals surface area contributed by atoms with E-state index < -0.39 is 0 Å². The van der Waals surface area contributed by atoms with Crippen molar-refractivity contribution in [2.75, 3.05) is 0 Å². The van der Waals surface area contributed by atoms with Crippen LogP contribution in [0.15, 0.2) is 0 Å². The van der Waals surface area contributed by atoms with E-state index in [1.807, 2.05) is 0 Å². The highest BCUT2D eigenvalue weighted by molar-refractivity contribution is 5.42. The van der Waals surface area contributed by atoms with Crippen molar-refractivity contribution in [3.05, 3.63) is 0 Å². The molecule has 2 nitrogen and oxygen atoms in total. The number of primary amides is 1. The van der Waals surface area contributed by atoms with E-state index in [0.29, 0.717) is 0 Å². The molecular weight excluding hydrogens is 162 g/mol. The Morgan fingerprint density at radius 1 is 1.38 bits per heavy atom. The third kappa shape index (κ3) is 7.82. The van der Waals surface area contributed by atoms with Crippen LogP contribution < -0.4 is 5.73 Å². The maximum atomic E-state index is 8.58. The molecule has 1 fully saturated rings. The summed E-state index contributed by atoms with van der Waals surface area (Å²) in [5, 5.41) is 0. The SMILES string of the molecule is CC(C)CCC1CCCC1.NC=O. The van der Waals surface area contributed by atoms with E-state index in [2.05, 4.69) is 19.6 Å². The molecule has 1 aliphatic carbocycles. The maximum Gasteiger partial charge on any atom is 0.204 e. The van der Waals surface area contributed by atoms with Crippen LogP contribution in [-0.2, 0) is 4.79 Å². The highest BCUT2D eigenvalue weighted by Crippen LogP contribution is 2.29. The first-order valence-corrected chi connectivity index (χ1v) is 5.36. The van der Waals surface area contributed by atoms with Crippen molar-refractivity contribution >= 4 is 6.41 Å². The third-order valence-corrected chi connectivity index (χ3v) is 2.63. The molecule has 1 amide bonds. The van der Waals surface area contributed by atoms with Gasteiger partial charge in [-0.3, -0.25) is 4.79 Å². The molecule has 0 aromatic heterocycles. The second-order valence-corrected chi connectivity index (χ2v) is 4.26. The van der Waals surface area contributed by atoms with Gasteiger partial charge in [0, 0.05) is 0 Å². The van der Waals surface area contributed by atoms with E-state index >= 15 is 0 Å². The molecule has 1 aliphatic rings. The van der Waals surface area contributed by atoms with E-state index in [1.165, 1.54) is 38.5 Å². The van der Waals surface area contributed by atoms with Crippen LogP contribution in [0.4, 0.5) is 0 Å². The molecule has 0 aromatic rings. The molecule has 0 unspecified atom stereocenters. The quantitative estimate of drug-likeness (QED) is 0.675. The smallest absolute Gasteiger partial charge is 0.204 e. The van der Waals surface area contributed by atoms with E-state index in [0.717, 1.165) is 11.8 Å². The van der Waals surface area contributed by atoms with Crippen molar-refractivity contribution in [2.45, 2.75) is 52.4 Å². The summed E-state index contributed by atoms with van der Waals surface area (Å²) in [4.78, 5) is 8.58. The topological polar surface area (TPSA) is 43.1 Å². The summed E-state index contributed by atoms with van der Waals surface area (Å²) in [6.45, 7) is 4.66. The minimum absolute atomic E-state index is 0.250. The van der Waals surface area contributed by atoms with Crippen LogP contribution in [0.2, 0.25) is 0 Å². The van der Waals surface area contributed by atoms with Gasteiger partial charge in [0.25, 0.3) is 0 Å². The molecule has 2 N–H and O–H groups in total. The summed E-state index contributed by atoms with van der Waals surface area (Å²) in [7, 11) is 0. The van der Waals surface area contributed by atoms with Crippen LogP contribution in [0.25, 0.3) is 0 Å². The summed E-state index contributed by atoms with van der Waals surface area (Å²) in [6, 6.07) is 0. The fourth-order valence-corrected chi connectivity index (χ4v) is 1.87. The minimum Gasteiger partial charge on any atom is -0.372 e. The lowest BCUT2D eigenvalue weighted by atomic mass is 9.97. The van der Waals surface area contributed by atoms with Gasteiger partial charge in [0.2, 0.25) is 6.41 Å². The normalized spacial score (nSPS) is 16.8. The molecule has 13 heavy (non-hydrogen) atoms. The van der Waals surface area contributed by atoms with E-state index in [-0.39, 0.29) is 6.41 Å². The van der Waals surface area contributed by atoms with Crippen LogP contribution >= 0.6 is 0 Å². The van der Waals surface area contributed by atoms with Gasteiger partial charge in [-0.2, -0.15) is 0 Å². The number of hydrogen-bond donors (Lipinski definition) is 1. The molecule has 0 bridgehead atoms. The van der Waals surface area contributed by atoms with Gasteiger partial charge in [-0.1, -0.05) is 52.4 Å². The largest absolute Gasteiger partial charge is 0.372 e. The molecule has 0 aromatic carbocycles. The number of nitrogens with two attached hydrogens (primary N) is 1. The Morgan fingerprint density at radius 3 is 2.23 bits per heavy atom. The zero-order chi connectivity index (χ0) is 10.1. The van der Waals surface area contributed by atoms with Crippen LogP contribution in [0.1, 0.15) is 52.4 Å². The summed E-state index contributed by atoms with van der Waals surface area (Å²) < 4.78 is 0. The van der Waals surface area contributed by atoms with Crippen molar-refractivity contribution in [1.29, 1.82) is 0 Å². The fraction of sp³-hybridized carbons (Fsp3) is 0.909. The van der Waals surface area contributed by atoms with Crippen molar-refractivity contribution < 1.29 is 4.79 Å². The lowest BCUT2D eigenvalue weighted by Crippen LogP contribution is -1.96. The van der Waals surface area contributed by atoms with E-state index in [9.17, 15) is 0 Å². The highest BCUT2D eigenvalue weighted by Gasteiger charge is 2.14. The van der Waals surface area contributed by atoms with Crippen LogP contribution in [0, 0.1) is 11.8 Å². The van der Waals surface area contributed by atoms with Crippen LogP contribution in [0.5, 0.6) is 0 Å². The van der Waals surface area contributed by atoms with E-state index in [1.54, 1.807) is 0 Å². The third-order valence-electron chi connectivity index (χ3n) is 2.63. The minimum atomic E-state index is 0.250. The average molecular weight is 185 g/mol. The molecule has 0 radical (unpaired) electrons. The monoisotopic (exact) mass is 185 g/mol. The van der Waals surface area contributed by atoms with Gasteiger partial charge in [-0.25, -0.2) is 0 Å². The molecule has 0 spiro atoms. The molecule has 0 atom stereocenters. The Hall–Kier alpha value is -0.530. The maximum absolute atomic E-state index is 8.58. The van der Waals surface area contributed by atoms with Gasteiger partial charge in [0.1, 0.15) is 0 Å². The second kappa shape index (κ2) is 8.09. The lowest BCUT2D eigenvalue weighted by Gasteiger charge is -2.09. The Balaban J connectivity index is 0.000000424. The summed E-state index contributed by atoms with van der Waals surface area (Å²) >= 11 is 0. The highest BCUT2D eigenvalue weighted by atomic mass is 16.1. The molecule has 2 heteroatoms. The molecular formula is C11H23NO. The van der Waals surface area contributed by atoms with E-state index in [4.69, 9.17) is 4.79 Å². The lowest BCUT2D eigenvalue weighted by molar-refractivity contribution is -0.106. The summed E-state index contributed by atoms with van der Waals surface area (Å²) in [5.74, 6) is 2.02. The van der Waals surface area contributed by atoms with Crippen molar-refractivity contribution in [3.8, 4) is 0 Å². The van der Waals surface area contributed by atoms with Crippen molar-refractivity contribution in [3.63, 3.8) is 0 Å². The molecule has 0 aliphatic heterocycles. The van der Waals surface area contributed by atoms with Gasteiger partial charge in [0.15, 0.2) is 0 Å². The van der Waals surface area contributed by atoms with Gasteiger partial charge >= 0.3 is 0 Å². The fourth-order valence-electron chi connectivity index (χ4n) is 1.87. The summed E-state index contributed by atoms with van der Waals surface area (Å²) in [5.41, 5.74) is 4.17. The first-order valence-electron chi connectivity index (χ1n) is 5.36. The first-order chi connectivity index (χ1) is 6.20. The standard InChI is InChI=1S/C10H20.CH3NO/c1-9(2)7-8-10-5-3-4-6-10;2-1-3/h9-10H,3-8H2,1-2H3;1H,(H2,2,3). The Bertz CT molecular complexity index is 117. The Labute approximate surface area is 81.9 Å². The van der Waals surface area contributed by atoms with Gasteiger partial charge in [0.05, 0.1) is 0 Å². The molecule has 0 heterocycles. The second-order valence-electron chi connectivity index (χ2n) is 4.26. The Morgan fingerprint density at radius 2 is 1.85 bits per heavy atom. The van der Waals surface area contributed by atoms with Crippen LogP contribution in [-0.4, -0.2) is 6.41 Å². The number of carbonyl (C=O) groups excluding carboxylic acids is 1. The van der Waals surface area contributed by atoms with Crippen molar-refractivity contribution in [2.24, 2.45) is 17.6 Å². The van der Waals surface area contributed by atoms with Crippen molar-refractivity contribution in [1.82, 2.24) is 0 Å².